The summed E-state index contributed by atoms with van der Waals surface area (Å²) >= 11 is 3.55. The summed E-state index contributed by atoms with van der Waals surface area (Å²) < 4.78 is 1.02. The zero-order valence-corrected chi connectivity index (χ0v) is 16.9. The summed E-state index contributed by atoms with van der Waals surface area (Å²) in [4.78, 5) is 21.2. The van der Waals surface area contributed by atoms with Crippen LogP contribution in [-0.2, 0) is 19.3 Å². The molecule has 4 heteroatoms. The number of carbonyl (C=O) groups is 1. The molecule has 138 valence electrons. The smallest absolute Gasteiger partial charge is 0.166 e. The molecule has 0 saturated carbocycles. The van der Waals surface area contributed by atoms with E-state index in [-0.39, 0.29) is 5.92 Å². The highest BCUT2D eigenvalue weighted by atomic mass is 79.9. The second kappa shape index (κ2) is 6.90. The Bertz CT molecular complexity index is 1020. The number of pyridine rings is 1. The molecule has 3 aromatic rings. The van der Waals surface area contributed by atoms with Crippen molar-refractivity contribution < 1.29 is 4.79 Å². The van der Waals surface area contributed by atoms with Gasteiger partial charge >= 0.3 is 0 Å². The summed E-state index contributed by atoms with van der Waals surface area (Å²) in [5.41, 5.74) is 5.95. The lowest BCUT2D eigenvalue weighted by atomic mass is 9.78. The van der Waals surface area contributed by atoms with Crippen molar-refractivity contribution in [3.8, 4) is 0 Å². The number of rotatable bonds is 2. The van der Waals surface area contributed by atoms with Gasteiger partial charge in [0.2, 0.25) is 0 Å². The average Bonchev–Trinajstić information content (AvgIpc) is 2.96. The molecule has 2 atom stereocenters. The number of aromatic nitrogens is 2. The van der Waals surface area contributed by atoms with Crippen molar-refractivity contribution in [2.75, 3.05) is 0 Å². The van der Waals surface area contributed by atoms with Crippen LogP contribution in [-0.4, -0.2) is 15.8 Å². The second-order valence-corrected chi connectivity index (χ2v) is 9.00. The van der Waals surface area contributed by atoms with Gasteiger partial charge in [-0.05, 0) is 84.0 Å². The Balaban J connectivity index is 1.39. The van der Waals surface area contributed by atoms with Gasteiger partial charge in [-0.1, -0.05) is 24.3 Å². The van der Waals surface area contributed by atoms with Gasteiger partial charge in [-0.2, -0.15) is 0 Å². The van der Waals surface area contributed by atoms with Gasteiger partial charge in [-0.15, -0.1) is 0 Å². The predicted octanol–water partition coefficient (Wildman–Crippen LogP) is 5.66. The number of fused-ring (bicyclic) bond motifs is 4. The van der Waals surface area contributed by atoms with Gasteiger partial charge in [-0.25, -0.2) is 4.98 Å². The summed E-state index contributed by atoms with van der Waals surface area (Å²) in [6, 6.07) is 10.4. The zero-order chi connectivity index (χ0) is 18.4. The van der Waals surface area contributed by atoms with Gasteiger partial charge < -0.3 is 4.98 Å². The monoisotopic (exact) mass is 422 g/mol. The largest absolute Gasteiger partial charge is 0.343 e. The summed E-state index contributed by atoms with van der Waals surface area (Å²) in [5.74, 6) is 1.13. The number of carbonyl (C=O) groups excluding carboxylic acids is 1. The summed E-state index contributed by atoms with van der Waals surface area (Å²) in [6.45, 7) is 0. The standard InChI is InChI=1S/C23H23BrN2O/c24-17-12-20-19-11-14(8-9-21(19)26-23(20)25-13-17)10-16-6-3-5-15-4-1-2-7-18(15)22(16)27/h1-2,4,7,12-14,16H,3,5-6,8-11H2,(H,25,26). The minimum atomic E-state index is 0.176. The minimum absolute atomic E-state index is 0.176. The first-order valence-electron chi connectivity index (χ1n) is 9.96. The van der Waals surface area contributed by atoms with Crippen LogP contribution >= 0.6 is 15.9 Å². The number of Topliss-reactive ketones (excluding diaryl/α,β-unsaturated/α-hetero) is 1. The molecule has 0 radical (unpaired) electrons. The van der Waals surface area contributed by atoms with E-state index in [1.807, 2.05) is 18.3 Å². The SMILES string of the molecule is O=C1c2ccccc2CCCC1CC1CCc2[nH]c3ncc(Br)cc3c2C1. The predicted molar refractivity (Wildman–Crippen MR) is 111 cm³/mol. The van der Waals surface area contributed by atoms with E-state index in [9.17, 15) is 4.79 Å². The van der Waals surface area contributed by atoms with Crippen LogP contribution in [0.25, 0.3) is 11.0 Å². The van der Waals surface area contributed by atoms with Crippen molar-refractivity contribution in [3.05, 3.63) is 63.4 Å². The van der Waals surface area contributed by atoms with Crippen molar-refractivity contribution >= 4 is 32.7 Å². The number of hydrogen-bond donors (Lipinski definition) is 1. The van der Waals surface area contributed by atoms with Crippen LogP contribution < -0.4 is 0 Å². The molecular formula is C23H23BrN2O. The third kappa shape index (κ3) is 3.14. The number of benzene rings is 1. The maximum Gasteiger partial charge on any atom is 0.166 e. The Morgan fingerprint density at radius 1 is 1.19 bits per heavy atom. The highest BCUT2D eigenvalue weighted by Crippen LogP contribution is 2.37. The van der Waals surface area contributed by atoms with E-state index < -0.39 is 0 Å². The van der Waals surface area contributed by atoms with Gasteiger partial charge in [0, 0.05) is 33.2 Å². The molecule has 0 amide bonds. The fourth-order valence-electron chi connectivity index (χ4n) is 5.03. The molecule has 5 rings (SSSR count). The number of nitrogens with zero attached hydrogens (tertiary/aromatic N) is 1. The molecule has 0 fully saturated rings. The number of H-pyrrole nitrogens is 1. The second-order valence-electron chi connectivity index (χ2n) is 8.09. The number of ketones is 1. The highest BCUT2D eigenvalue weighted by Gasteiger charge is 2.30. The van der Waals surface area contributed by atoms with E-state index in [2.05, 4.69) is 44.1 Å². The lowest BCUT2D eigenvalue weighted by Gasteiger charge is -2.26. The van der Waals surface area contributed by atoms with E-state index in [1.54, 1.807) is 0 Å². The van der Waals surface area contributed by atoms with E-state index in [4.69, 9.17) is 0 Å². The number of aryl methyl sites for hydroxylation is 2. The van der Waals surface area contributed by atoms with E-state index in [0.717, 1.165) is 60.6 Å². The third-order valence-corrected chi connectivity index (χ3v) is 6.81. The molecular weight excluding hydrogens is 400 g/mol. The first kappa shape index (κ1) is 17.2. The molecule has 2 aliphatic rings. The van der Waals surface area contributed by atoms with Crippen molar-refractivity contribution in [3.63, 3.8) is 0 Å². The number of halogens is 1. The average molecular weight is 423 g/mol. The molecule has 3 nitrogen and oxygen atoms in total. The van der Waals surface area contributed by atoms with Crippen molar-refractivity contribution in [1.82, 2.24) is 9.97 Å². The Morgan fingerprint density at radius 2 is 2.07 bits per heavy atom. The van der Waals surface area contributed by atoms with Gasteiger partial charge in [0.15, 0.2) is 5.78 Å². The number of nitrogens with one attached hydrogen (secondary N) is 1. The Labute approximate surface area is 167 Å². The molecule has 1 N–H and O–H groups in total. The first-order valence-corrected chi connectivity index (χ1v) is 10.8. The van der Waals surface area contributed by atoms with Crippen LogP contribution in [0.3, 0.4) is 0 Å². The van der Waals surface area contributed by atoms with Crippen LogP contribution in [0.5, 0.6) is 0 Å². The van der Waals surface area contributed by atoms with Crippen molar-refractivity contribution in [1.29, 1.82) is 0 Å². The number of aromatic amines is 1. The molecule has 0 aliphatic heterocycles. The molecule has 1 aromatic carbocycles. The lowest BCUT2D eigenvalue weighted by molar-refractivity contribution is 0.0892. The van der Waals surface area contributed by atoms with Crippen LogP contribution in [0.2, 0.25) is 0 Å². The molecule has 0 spiro atoms. The Morgan fingerprint density at radius 3 is 3.00 bits per heavy atom. The molecule has 0 bridgehead atoms. The van der Waals surface area contributed by atoms with Crippen LogP contribution in [0.15, 0.2) is 41.0 Å². The minimum Gasteiger partial charge on any atom is -0.343 e. The number of hydrogen-bond acceptors (Lipinski definition) is 2. The zero-order valence-electron chi connectivity index (χ0n) is 15.3. The molecule has 0 saturated heterocycles. The third-order valence-electron chi connectivity index (χ3n) is 6.38. The molecule has 2 heterocycles. The summed E-state index contributed by atoms with van der Waals surface area (Å²) in [7, 11) is 0. The quantitative estimate of drug-likeness (QED) is 0.541. The maximum atomic E-state index is 13.1. The van der Waals surface area contributed by atoms with Crippen LogP contribution in [0.4, 0.5) is 0 Å². The fraction of sp³-hybridized carbons (Fsp3) is 0.391. The van der Waals surface area contributed by atoms with Gasteiger partial charge in [0.1, 0.15) is 5.65 Å². The van der Waals surface area contributed by atoms with E-state index in [0.29, 0.717) is 11.7 Å². The Kier molecular flexibility index (Phi) is 4.39. The summed E-state index contributed by atoms with van der Waals surface area (Å²) in [5, 5.41) is 1.24. The molecule has 2 aliphatic carbocycles. The van der Waals surface area contributed by atoms with Gasteiger partial charge in [-0.3, -0.25) is 4.79 Å². The van der Waals surface area contributed by atoms with Crippen molar-refractivity contribution in [2.24, 2.45) is 11.8 Å². The van der Waals surface area contributed by atoms with Crippen molar-refractivity contribution in [2.45, 2.75) is 44.9 Å². The molecule has 2 unspecified atom stereocenters. The van der Waals surface area contributed by atoms with Gasteiger partial charge in [0.25, 0.3) is 0 Å². The molecule has 27 heavy (non-hydrogen) atoms. The van der Waals surface area contributed by atoms with Gasteiger partial charge in [0.05, 0.1) is 0 Å². The van der Waals surface area contributed by atoms with Crippen LogP contribution in [0.1, 0.15) is 52.9 Å². The van der Waals surface area contributed by atoms with E-state index in [1.165, 1.54) is 22.2 Å². The maximum absolute atomic E-state index is 13.1. The fourth-order valence-corrected chi connectivity index (χ4v) is 5.36. The van der Waals surface area contributed by atoms with E-state index >= 15 is 0 Å². The lowest BCUT2D eigenvalue weighted by Crippen LogP contribution is -2.22. The topological polar surface area (TPSA) is 45.8 Å². The molecule has 2 aromatic heterocycles. The first-order chi connectivity index (χ1) is 13.2. The Hall–Kier alpha value is -1.94. The normalized spacial score (nSPS) is 22.3. The van der Waals surface area contributed by atoms with Crippen LogP contribution in [0, 0.1) is 11.8 Å². The summed E-state index contributed by atoms with van der Waals surface area (Å²) in [6.07, 6.45) is 9.32. The highest BCUT2D eigenvalue weighted by molar-refractivity contribution is 9.10.